The molecule has 1 aliphatic heterocycles. The smallest absolute Gasteiger partial charge is 0.408 e. The maximum Gasteiger partial charge on any atom is 0.408 e. The molecule has 0 aliphatic carbocycles. The highest BCUT2D eigenvalue weighted by atomic mass is 32.2. The third-order valence-corrected chi connectivity index (χ3v) is 9.25. The van der Waals surface area contributed by atoms with Gasteiger partial charge in [0.25, 0.3) is 0 Å². The number of carbonyl (C=O) groups is 6. The number of hydrogen-bond acceptors (Lipinski definition) is 8. The van der Waals surface area contributed by atoms with Gasteiger partial charge in [0.05, 0.1) is 12.1 Å². The van der Waals surface area contributed by atoms with E-state index in [9.17, 15) is 33.2 Å². The summed E-state index contributed by atoms with van der Waals surface area (Å²) in [6, 6.07) is 10.6. The van der Waals surface area contributed by atoms with E-state index in [2.05, 4.69) is 36.0 Å². The third kappa shape index (κ3) is 21.1. The maximum atomic E-state index is 13.3. The molecule has 0 spiro atoms. The van der Waals surface area contributed by atoms with E-state index in [1.807, 2.05) is 0 Å². The molecule has 0 bridgehead atoms. The van der Waals surface area contributed by atoms with Crippen molar-refractivity contribution in [2.24, 2.45) is 11.7 Å². The van der Waals surface area contributed by atoms with Crippen LogP contribution in [-0.4, -0.2) is 87.7 Å². The molecule has 1 fully saturated rings. The van der Waals surface area contributed by atoms with Crippen LogP contribution >= 0.6 is 11.9 Å². The van der Waals surface area contributed by atoms with Crippen LogP contribution in [0.3, 0.4) is 0 Å². The summed E-state index contributed by atoms with van der Waals surface area (Å²) in [5.74, 6) is -1.76. The van der Waals surface area contributed by atoms with Crippen LogP contribution in [0.25, 0.3) is 0 Å². The molecule has 316 valence electrons. The molecule has 1 heterocycles. The number of rotatable bonds is 16. The van der Waals surface area contributed by atoms with Crippen molar-refractivity contribution in [1.82, 2.24) is 19.8 Å². The van der Waals surface area contributed by atoms with Gasteiger partial charge in [-0.3, -0.25) is 19.1 Å². The molecule has 0 radical (unpaired) electrons. The Balaban J connectivity index is 0.000000443. The molecule has 2 aromatic carbocycles. The summed E-state index contributed by atoms with van der Waals surface area (Å²) in [5, 5.41) is 19.8. The number of unbranched alkanes of at least 4 members (excludes halogenated alkanes) is 3. The van der Waals surface area contributed by atoms with Gasteiger partial charge in [-0.2, -0.15) is 0 Å². The summed E-state index contributed by atoms with van der Waals surface area (Å²) >= 11 is 1.22. The summed E-state index contributed by atoms with van der Waals surface area (Å²) in [4.78, 5) is 70.9. The van der Waals surface area contributed by atoms with Crippen molar-refractivity contribution in [3.63, 3.8) is 0 Å². The number of benzene rings is 2. The molecule has 57 heavy (non-hydrogen) atoms. The zero-order chi connectivity index (χ0) is 43.1. The topological polar surface area (TPSA) is 209 Å². The number of carboxylic acids is 1. The quantitative estimate of drug-likeness (QED) is 0.0649. The Morgan fingerprint density at radius 1 is 1.09 bits per heavy atom. The van der Waals surface area contributed by atoms with E-state index in [1.165, 1.54) is 61.4 Å². The van der Waals surface area contributed by atoms with Gasteiger partial charge in [-0.05, 0) is 114 Å². The van der Waals surface area contributed by atoms with Gasteiger partial charge in [-0.1, -0.05) is 51.0 Å². The van der Waals surface area contributed by atoms with E-state index < -0.39 is 35.7 Å². The molecule has 1 saturated heterocycles. The predicted octanol–water partition coefficient (Wildman–Crippen LogP) is 7.29. The minimum atomic E-state index is -1.06. The number of allylic oxidation sites excluding steroid dienone is 2. The first-order valence-electron chi connectivity index (χ1n) is 18.9. The highest BCUT2D eigenvalue weighted by Gasteiger charge is 2.32. The van der Waals surface area contributed by atoms with Crippen molar-refractivity contribution in [2.45, 2.75) is 116 Å². The average Bonchev–Trinajstić information content (AvgIpc) is 3.64. The summed E-state index contributed by atoms with van der Waals surface area (Å²) in [6.45, 7) is 11.7. The molecule has 16 heteroatoms. The van der Waals surface area contributed by atoms with E-state index in [-0.39, 0.29) is 36.3 Å². The summed E-state index contributed by atoms with van der Waals surface area (Å²) in [5.41, 5.74) is 6.04. The van der Waals surface area contributed by atoms with Crippen LogP contribution in [0, 0.1) is 18.7 Å². The minimum absolute atomic E-state index is 0.00598. The van der Waals surface area contributed by atoms with Gasteiger partial charge in [0.2, 0.25) is 17.7 Å². The monoisotopic (exact) mass is 817 g/mol. The lowest BCUT2D eigenvalue weighted by atomic mass is 10.0. The standard InChI is InChI=1S/C19H27NO3S.C12H21N3O4.C10H12FNO2/c1-3-4-5-6-7-8-15(2)9-14-18(21)20-24-17-12-10-16(11-13-17)19(22)23;1-12(2,3)19-11(18)14-7-9(16)15-6-4-5-8(15)10(13)17;1-7-4-3-5-9(11)8(7)6-12(2)10(13)14/h7-8,10-13,15H,3-6,9,14H2,1-2H3,(H,20,21)(H,22,23);8H,4-7H2,1-3H3,(H2,13,17)(H,14,18);3-5H,6H2,1-2H3,(H,13,14)/b8-7-;;. The van der Waals surface area contributed by atoms with Crippen LogP contribution in [0.1, 0.15) is 107 Å². The molecule has 5 amide bonds. The number of alkyl carbamates (subject to hydrolysis) is 1. The molecule has 2 aromatic rings. The normalized spacial score (nSPS) is 14.0. The molecule has 6 N–H and O–H groups in total. The number of aromatic carboxylic acids is 1. The third-order valence-electron chi connectivity index (χ3n) is 8.41. The first-order chi connectivity index (χ1) is 26.7. The van der Waals surface area contributed by atoms with Gasteiger partial charge >= 0.3 is 18.2 Å². The van der Waals surface area contributed by atoms with Crippen molar-refractivity contribution in [2.75, 3.05) is 20.1 Å². The molecule has 3 rings (SSSR count). The Morgan fingerprint density at radius 2 is 1.75 bits per heavy atom. The Labute approximate surface area is 339 Å². The second kappa shape index (κ2) is 25.9. The number of nitrogens with two attached hydrogens (primary N) is 1. The summed E-state index contributed by atoms with van der Waals surface area (Å²) in [6.07, 6.45) is 10.2. The van der Waals surface area contributed by atoms with Crippen molar-refractivity contribution in [3.8, 4) is 0 Å². The van der Waals surface area contributed by atoms with Crippen LogP contribution in [-0.2, 0) is 25.7 Å². The number of aryl methyl sites for hydroxylation is 1. The lowest BCUT2D eigenvalue weighted by Gasteiger charge is -2.23. The molecule has 14 nitrogen and oxygen atoms in total. The fraction of sp³-hybridized carbons (Fsp3) is 0.512. The van der Waals surface area contributed by atoms with E-state index in [0.717, 1.165) is 34.6 Å². The first-order valence-corrected chi connectivity index (χ1v) is 19.8. The number of likely N-dealkylation sites (tertiary alicyclic amines) is 1. The Kier molecular flexibility index (Phi) is 22.7. The molecular formula is C41H60FN5O9S. The summed E-state index contributed by atoms with van der Waals surface area (Å²) < 4.78 is 21.1. The van der Waals surface area contributed by atoms with Crippen LogP contribution in [0.4, 0.5) is 14.0 Å². The molecular weight excluding hydrogens is 758 g/mol. The van der Waals surface area contributed by atoms with Crippen molar-refractivity contribution in [1.29, 1.82) is 0 Å². The fourth-order valence-corrected chi connectivity index (χ4v) is 5.83. The van der Waals surface area contributed by atoms with Gasteiger partial charge < -0.3 is 35.8 Å². The lowest BCUT2D eigenvalue weighted by Crippen LogP contribution is -2.48. The molecule has 2 atom stereocenters. The first kappa shape index (κ1) is 49.9. The number of amides is 5. The van der Waals surface area contributed by atoms with E-state index >= 15 is 0 Å². The number of halogens is 1. The maximum absolute atomic E-state index is 13.3. The van der Waals surface area contributed by atoms with Gasteiger partial charge in [0.15, 0.2) is 0 Å². The van der Waals surface area contributed by atoms with Crippen LogP contribution < -0.4 is 15.8 Å². The Hall–Kier alpha value is -5.12. The van der Waals surface area contributed by atoms with Gasteiger partial charge in [-0.25, -0.2) is 18.8 Å². The number of carbonyl (C=O) groups excluding carboxylic acids is 4. The van der Waals surface area contributed by atoms with E-state index in [0.29, 0.717) is 30.9 Å². The van der Waals surface area contributed by atoms with Gasteiger partial charge in [0.1, 0.15) is 24.0 Å². The summed E-state index contributed by atoms with van der Waals surface area (Å²) in [7, 11) is 1.41. The van der Waals surface area contributed by atoms with Crippen molar-refractivity contribution >= 4 is 47.8 Å². The van der Waals surface area contributed by atoms with Gasteiger partial charge in [0, 0.05) is 30.5 Å². The fourth-order valence-electron chi connectivity index (χ4n) is 5.22. The van der Waals surface area contributed by atoms with Crippen molar-refractivity contribution < 1.29 is 48.1 Å². The number of ether oxygens (including phenoxy) is 1. The van der Waals surface area contributed by atoms with Crippen LogP contribution in [0.5, 0.6) is 0 Å². The SMILES string of the molecule is CC(C)(C)OC(=O)NCC(=O)N1CCCC1C(N)=O.CCCCC/C=C\C(C)CCC(=O)NSc1ccc(C(=O)O)cc1.Cc1cccc(F)c1CN(C)C(=O)O. The largest absolute Gasteiger partial charge is 0.478 e. The highest BCUT2D eigenvalue weighted by molar-refractivity contribution is 7.98. The Morgan fingerprint density at radius 3 is 2.32 bits per heavy atom. The zero-order valence-electron chi connectivity index (χ0n) is 34.1. The molecule has 2 unspecified atom stereocenters. The number of hydrogen-bond donors (Lipinski definition) is 5. The number of nitrogens with zero attached hydrogens (tertiary/aromatic N) is 2. The van der Waals surface area contributed by atoms with E-state index in [1.54, 1.807) is 52.0 Å². The number of carboxylic acid groups (broad SMARTS) is 2. The number of nitrogens with one attached hydrogen (secondary N) is 2. The predicted molar refractivity (Wildman–Crippen MR) is 218 cm³/mol. The van der Waals surface area contributed by atoms with E-state index in [4.69, 9.17) is 20.7 Å². The average molecular weight is 818 g/mol. The minimum Gasteiger partial charge on any atom is -0.478 e. The molecule has 0 saturated carbocycles. The second-order valence-corrected chi connectivity index (χ2v) is 15.5. The van der Waals surface area contributed by atoms with Gasteiger partial charge in [-0.15, -0.1) is 0 Å². The lowest BCUT2D eigenvalue weighted by molar-refractivity contribution is -0.136. The van der Waals surface area contributed by atoms with Crippen molar-refractivity contribution in [3.05, 3.63) is 77.1 Å². The zero-order valence-corrected chi connectivity index (χ0v) is 35.0. The Bertz CT molecular complexity index is 1630. The molecule has 1 aliphatic rings. The number of primary amides is 1. The molecule has 0 aromatic heterocycles. The van der Waals surface area contributed by atoms with Crippen LogP contribution in [0.2, 0.25) is 0 Å². The highest BCUT2D eigenvalue weighted by Crippen LogP contribution is 2.18. The van der Waals surface area contributed by atoms with Crippen LogP contribution in [0.15, 0.2) is 59.5 Å². The second-order valence-electron chi connectivity index (χ2n) is 14.6.